The fourth-order valence-electron chi connectivity index (χ4n) is 1.52. The fourth-order valence-corrected chi connectivity index (χ4v) is 1.71. The summed E-state index contributed by atoms with van der Waals surface area (Å²) in [6.07, 6.45) is 1.48. The zero-order chi connectivity index (χ0) is 12.4. The van der Waals surface area contributed by atoms with Crippen molar-refractivity contribution in [2.75, 3.05) is 5.73 Å². The van der Waals surface area contributed by atoms with Crippen LogP contribution in [-0.4, -0.2) is 9.67 Å². The summed E-state index contributed by atoms with van der Waals surface area (Å²) < 4.78 is 1.40. The minimum Gasteiger partial charge on any atom is -0.506 e. The first-order chi connectivity index (χ1) is 8.09. The van der Waals surface area contributed by atoms with Gasteiger partial charge in [-0.05, 0) is 17.7 Å². The Labute approximate surface area is 103 Å². The van der Waals surface area contributed by atoms with Crippen molar-refractivity contribution < 1.29 is 5.11 Å². The molecule has 0 saturated heterocycles. The van der Waals surface area contributed by atoms with Crippen LogP contribution in [0.25, 0.3) is 0 Å². The van der Waals surface area contributed by atoms with Crippen LogP contribution in [0.5, 0.6) is 5.75 Å². The van der Waals surface area contributed by atoms with Gasteiger partial charge >= 0.3 is 0 Å². The van der Waals surface area contributed by atoms with E-state index in [1.807, 2.05) is 18.2 Å². The molecule has 4 nitrogen and oxygen atoms in total. The number of aromatic hydroxyl groups is 1. The van der Waals surface area contributed by atoms with E-state index in [1.54, 1.807) is 6.07 Å². The molecule has 1 aromatic heterocycles. The van der Waals surface area contributed by atoms with Crippen molar-refractivity contribution in [2.24, 2.45) is 0 Å². The Balaban J connectivity index is 2.41. The third kappa shape index (κ3) is 2.26. The van der Waals surface area contributed by atoms with Crippen LogP contribution in [0.1, 0.15) is 5.56 Å². The molecular formula is C12H11ClN2O2. The summed E-state index contributed by atoms with van der Waals surface area (Å²) in [6, 6.07) is 8.63. The summed E-state index contributed by atoms with van der Waals surface area (Å²) in [5, 5.41) is 9.87. The largest absolute Gasteiger partial charge is 0.506 e. The number of hydrogen-bond donors (Lipinski definition) is 2. The lowest BCUT2D eigenvalue weighted by Crippen LogP contribution is -2.22. The van der Waals surface area contributed by atoms with Gasteiger partial charge in [0.25, 0.3) is 5.56 Å². The maximum Gasteiger partial charge on any atom is 0.277 e. The molecule has 88 valence electrons. The van der Waals surface area contributed by atoms with Crippen LogP contribution < -0.4 is 11.3 Å². The number of aromatic nitrogens is 1. The summed E-state index contributed by atoms with van der Waals surface area (Å²) in [7, 11) is 0. The molecular weight excluding hydrogens is 240 g/mol. The van der Waals surface area contributed by atoms with E-state index in [9.17, 15) is 9.90 Å². The normalized spacial score (nSPS) is 10.4. The lowest BCUT2D eigenvalue weighted by atomic mass is 10.2. The minimum atomic E-state index is -0.426. The van der Waals surface area contributed by atoms with Crippen LogP contribution in [0.4, 0.5) is 5.69 Å². The van der Waals surface area contributed by atoms with Crippen molar-refractivity contribution in [3.8, 4) is 5.75 Å². The molecule has 1 heterocycles. The van der Waals surface area contributed by atoms with Crippen molar-refractivity contribution in [1.29, 1.82) is 0 Å². The maximum atomic E-state index is 11.7. The monoisotopic (exact) mass is 250 g/mol. The second-order valence-corrected chi connectivity index (χ2v) is 4.05. The van der Waals surface area contributed by atoms with Gasteiger partial charge in [0.05, 0.1) is 6.54 Å². The van der Waals surface area contributed by atoms with Crippen LogP contribution in [0.3, 0.4) is 0 Å². The molecule has 0 fully saturated rings. The second-order valence-electron chi connectivity index (χ2n) is 3.64. The number of halogens is 1. The highest BCUT2D eigenvalue weighted by Gasteiger charge is 2.07. The number of nitrogens with two attached hydrogens (primary N) is 1. The SMILES string of the molecule is Nc1c(O)ccn(Cc2ccccc2Cl)c1=O. The van der Waals surface area contributed by atoms with Crippen LogP contribution in [0, 0.1) is 0 Å². The van der Waals surface area contributed by atoms with E-state index in [2.05, 4.69) is 0 Å². The first-order valence-corrected chi connectivity index (χ1v) is 5.38. The highest BCUT2D eigenvalue weighted by Crippen LogP contribution is 2.17. The first-order valence-electron chi connectivity index (χ1n) is 5.01. The molecule has 0 unspecified atom stereocenters. The van der Waals surface area contributed by atoms with Crippen LogP contribution in [0.15, 0.2) is 41.3 Å². The van der Waals surface area contributed by atoms with Gasteiger partial charge in [-0.15, -0.1) is 0 Å². The van der Waals surface area contributed by atoms with E-state index < -0.39 is 5.56 Å². The predicted octanol–water partition coefficient (Wildman–Crippen LogP) is 1.84. The number of nitrogens with zero attached hydrogens (tertiary/aromatic N) is 1. The van der Waals surface area contributed by atoms with Gasteiger partial charge in [0.1, 0.15) is 11.4 Å². The van der Waals surface area contributed by atoms with Crippen molar-refractivity contribution in [3.05, 3.63) is 57.5 Å². The van der Waals surface area contributed by atoms with Crippen molar-refractivity contribution in [2.45, 2.75) is 6.54 Å². The average molecular weight is 251 g/mol. The Morgan fingerprint density at radius 3 is 2.71 bits per heavy atom. The molecule has 0 amide bonds. The zero-order valence-corrected chi connectivity index (χ0v) is 9.69. The number of anilines is 1. The van der Waals surface area contributed by atoms with Gasteiger partial charge in [0.2, 0.25) is 0 Å². The highest BCUT2D eigenvalue weighted by molar-refractivity contribution is 6.31. The van der Waals surface area contributed by atoms with Crippen LogP contribution >= 0.6 is 11.6 Å². The summed E-state index contributed by atoms with van der Waals surface area (Å²) in [5.74, 6) is -0.203. The molecule has 17 heavy (non-hydrogen) atoms. The molecule has 0 spiro atoms. The smallest absolute Gasteiger partial charge is 0.277 e. The Morgan fingerprint density at radius 2 is 2.00 bits per heavy atom. The van der Waals surface area contributed by atoms with E-state index in [0.29, 0.717) is 11.6 Å². The van der Waals surface area contributed by atoms with Crippen molar-refractivity contribution >= 4 is 17.3 Å². The summed E-state index contributed by atoms with van der Waals surface area (Å²) in [5.41, 5.74) is 5.70. The Kier molecular flexibility index (Phi) is 3.06. The highest BCUT2D eigenvalue weighted by atomic mass is 35.5. The van der Waals surface area contributed by atoms with Gasteiger partial charge in [0, 0.05) is 11.2 Å². The third-order valence-electron chi connectivity index (χ3n) is 2.48. The first kappa shape index (κ1) is 11.5. The number of benzene rings is 1. The summed E-state index contributed by atoms with van der Waals surface area (Å²) in [6.45, 7) is 0.322. The molecule has 3 N–H and O–H groups in total. The number of nitrogen functional groups attached to an aromatic ring is 1. The number of pyridine rings is 1. The fraction of sp³-hybridized carbons (Fsp3) is 0.0833. The molecule has 0 atom stereocenters. The molecule has 0 saturated carbocycles. The van der Waals surface area contributed by atoms with E-state index in [0.717, 1.165) is 5.56 Å². The number of hydrogen-bond acceptors (Lipinski definition) is 3. The lowest BCUT2D eigenvalue weighted by molar-refractivity contribution is 0.474. The zero-order valence-electron chi connectivity index (χ0n) is 8.93. The van der Waals surface area contributed by atoms with E-state index in [4.69, 9.17) is 17.3 Å². The van der Waals surface area contributed by atoms with E-state index in [1.165, 1.54) is 16.8 Å². The molecule has 1 aromatic carbocycles. The molecule has 0 bridgehead atoms. The van der Waals surface area contributed by atoms with Crippen molar-refractivity contribution in [3.63, 3.8) is 0 Å². The third-order valence-corrected chi connectivity index (χ3v) is 2.85. The Morgan fingerprint density at radius 1 is 1.29 bits per heavy atom. The Hall–Kier alpha value is -1.94. The Bertz CT molecular complexity index is 608. The molecule has 0 radical (unpaired) electrons. The van der Waals surface area contributed by atoms with Crippen molar-refractivity contribution in [1.82, 2.24) is 4.57 Å². The molecule has 2 rings (SSSR count). The van der Waals surface area contributed by atoms with E-state index >= 15 is 0 Å². The molecule has 0 aliphatic rings. The standard InChI is InChI=1S/C12H11ClN2O2/c13-9-4-2-1-3-8(9)7-15-6-5-10(16)11(14)12(15)17/h1-6,16H,7,14H2. The summed E-state index contributed by atoms with van der Waals surface area (Å²) >= 11 is 6.00. The lowest BCUT2D eigenvalue weighted by Gasteiger charge is -2.08. The quantitative estimate of drug-likeness (QED) is 0.855. The van der Waals surface area contributed by atoms with E-state index in [-0.39, 0.29) is 11.4 Å². The van der Waals surface area contributed by atoms with Gasteiger partial charge in [-0.2, -0.15) is 0 Å². The average Bonchev–Trinajstić information content (AvgIpc) is 2.32. The molecule has 0 aliphatic heterocycles. The van der Waals surface area contributed by atoms with Crippen LogP contribution in [0.2, 0.25) is 5.02 Å². The van der Waals surface area contributed by atoms with Gasteiger partial charge in [-0.3, -0.25) is 4.79 Å². The summed E-state index contributed by atoms with van der Waals surface area (Å²) in [4.78, 5) is 11.7. The van der Waals surface area contributed by atoms with Gasteiger partial charge in [-0.25, -0.2) is 0 Å². The predicted molar refractivity (Wildman–Crippen MR) is 67.3 cm³/mol. The minimum absolute atomic E-state index is 0.153. The van der Waals surface area contributed by atoms with Gasteiger partial charge in [0.15, 0.2) is 0 Å². The maximum absolute atomic E-state index is 11.7. The van der Waals surface area contributed by atoms with Gasteiger partial charge in [-0.1, -0.05) is 29.8 Å². The molecule has 0 aliphatic carbocycles. The van der Waals surface area contributed by atoms with Gasteiger partial charge < -0.3 is 15.4 Å². The van der Waals surface area contributed by atoms with Crippen LogP contribution in [-0.2, 0) is 6.54 Å². The topological polar surface area (TPSA) is 68.2 Å². The molecule has 5 heteroatoms. The number of rotatable bonds is 2. The second kappa shape index (κ2) is 4.51. The molecule has 2 aromatic rings.